The lowest BCUT2D eigenvalue weighted by Crippen LogP contribution is -2.47. The van der Waals surface area contributed by atoms with Gasteiger partial charge in [0.25, 0.3) is 0 Å². The zero-order valence-corrected chi connectivity index (χ0v) is 27.5. The molecule has 6 rings (SSSR count). The van der Waals surface area contributed by atoms with Crippen molar-refractivity contribution >= 4 is 29.8 Å². The molecule has 1 aliphatic rings. The molecule has 0 aliphatic carbocycles. The van der Waals surface area contributed by atoms with Crippen LogP contribution in [0.3, 0.4) is 0 Å². The van der Waals surface area contributed by atoms with Gasteiger partial charge in [0.2, 0.25) is 12.4 Å². The van der Waals surface area contributed by atoms with E-state index in [-0.39, 0.29) is 27.8 Å². The molecule has 5 aromatic carbocycles. The molecule has 0 aromatic heterocycles. The molecule has 5 atom stereocenters. The Hall–Kier alpha value is -6.59. The molecular weight excluding hydrogens is 668 g/mol. The van der Waals surface area contributed by atoms with Gasteiger partial charge in [-0.1, -0.05) is 91.0 Å². The number of carbonyl (C=O) groups excluding carboxylic acids is 5. The SMILES string of the molecule is O=C(OC[C@@H](OC(=O)c1ccccc1)[C@@H]1O[C@@H](OC(=O)c2ccccc2)[C@H](OC(=O)c2ccccc2)[C@H]1OC(=O)c1ccccc1)c1ccccc1. The Labute approximate surface area is 298 Å². The molecule has 0 unspecified atom stereocenters. The van der Waals surface area contributed by atoms with Gasteiger partial charge in [-0.3, -0.25) is 0 Å². The van der Waals surface area contributed by atoms with Crippen LogP contribution in [0.5, 0.6) is 0 Å². The van der Waals surface area contributed by atoms with Gasteiger partial charge in [0.1, 0.15) is 12.7 Å². The summed E-state index contributed by atoms with van der Waals surface area (Å²) in [5.74, 6) is -4.08. The van der Waals surface area contributed by atoms with E-state index in [1.807, 2.05) is 0 Å². The van der Waals surface area contributed by atoms with Crippen LogP contribution in [0, 0.1) is 0 Å². The van der Waals surface area contributed by atoms with E-state index in [4.69, 9.17) is 28.4 Å². The van der Waals surface area contributed by atoms with E-state index in [1.165, 1.54) is 48.5 Å². The predicted octanol–water partition coefficient (Wildman–Crippen LogP) is 6.10. The molecule has 0 amide bonds. The molecule has 262 valence electrons. The largest absolute Gasteiger partial charge is 0.458 e. The van der Waals surface area contributed by atoms with Crippen LogP contribution in [0.15, 0.2) is 152 Å². The molecule has 5 aromatic rings. The molecule has 1 fully saturated rings. The summed E-state index contributed by atoms with van der Waals surface area (Å²) in [4.78, 5) is 67.0. The highest BCUT2D eigenvalue weighted by atomic mass is 16.8. The highest BCUT2D eigenvalue weighted by molar-refractivity contribution is 5.92. The Morgan fingerprint density at radius 3 is 1.21 bits per heavy atom. The van der Waals surface area contributed by atoms with Crippen molar-refractivity contribution in [2.75, 3.05) is 6.61 Å². The van der Waals surface area contributed by atoms with Gasteiger partial charge < -0.3 is 28.4 Å². The summed E-state index contributed by atoms with van der Waals surface area (Å²) >= 11 is 0. The van der Waals surface area contributed by atoms with E-state index in [9.17, 15) is 24.0 Å². The first-order valence-electron chi connectivity index (χ1n) is 16.3. The van der Waals surface area contributed by atoms with Gasteiger partial charge in [-0.05, 0) is 60.7 Å². The number of benzene rings is 5. The number of carbonyl (C=O) groups is 5. The maximum absolute atomic E-state index is 13.6. The van der Waals surface area contributed by atoms with Crippen molar-refractivity contribution in [1.29, 1.82) is 0 Å². The van der Waals surface area contributed by atoms with Gasteiger partial charge in [-0.25, -0.2) is 24.0 Å². The van der Waals surface area contributed by atoms with Crippen molar-refractivity contribution < 1.29 is 52.4 Å². The lowest BCUT2D eigenvalue weighted by atomic mass is 10.0. The summed E-state index contributed by atoms with van der Waals surface area (Å²) in [6.07, 6.45) is -7.79. The van der Waals surface area contributed by atoms with Crippen molar-refractivity contribution in [2.24, 2.45) is 0 Å². The van der Waals surface area contributed by atoms with Crippen molar-refractivity contribution in [3.05, 3.63) is 179 Å². The Morgan fingerprint density at radius 2 is 0.788 bits per heavy atom. The van der Waals surface area contributed by atoms with Crippen LogP contribution in [-0.2, 0) is 28.4 Å². The van der Waals surface area contributed by atoms with Gasteiger partial charge in [0.05, 0.1) is 27.8 Å². The average molecular weight is 701 g/mol. The van der Waals surface area contributed by atoms with E-state index >= 15 is 0 Å². The number of hydrogen-bond donors (Lipinski definition) is 0. The van der Waals surface area contributed by atoms with Crippen LogP contribution in [0.2, 0.25) is 0 Å². The highest BCUT2D eigenvalue weighted by Gasteiger charge is 2.56. The Kier molecular flexibility index (Phi) is 11.4. The Bertz CT molecular complexity index is 1970. The van der Waals surface area contributed by atoms with Gasteiger partial charge in [-0.15, -0.1) is 0 Å². The molecule has 11 nitrogen and oxygen atoms in total. The van der Waals surface area contributed by atoms with Crippen LogP contribution < -0.4 is 0 Å². The Morgan fingerprint density at radius 1 is 0.442 bits per heavy atom. The molecular formula is C41H32O11. The zero-order chi connectivity index (χ0) is 36.3. The summed E-state index contributed by atoms with van der Waals surface area (Å²) in [6.45, 7) is -0.588. The summed E-state index contributed by atoms with van der Waals surface area (Å²) in [5.41, 5.74) is 0.837. The molecule has 1 saturated heterocycles. The number of hydrogen-bond acceptors (Lipinski definition) is 11. The minimum Gasteiger partial charge on any atom is -0.458 e. The van der Waals surface area contributed by atoms with E-state index in [0.29, 0.717) is 0 Å². The first-order valence-corrected chi connectivity index (χ1v) is 16.3. The lowest BCUT2D eigenvalue weighted by Gasteiger charge is -2.28. The van der Waals surface area contributed by atoms with E-state index in [1.54, 1.807) is 103 Å². The van der Waals surface area contributed by atoms with Gasteiger partial charge >= 0.3 is 29.8 Å². The number of ether oxygens (including phenoxy) is 6. The van der Waals surface area contributed by atoms with Crippen molar-refractivity contribution in [2.45, 2.75) is 30.7 Å². The quantitative estimate of drug-likeness (QED) is 0.110. The zero-order valence-electron chi connectivity index (χ0n) is 27.5. The third kappa shape index (κ3) is 8.76. The first-order chi connectivity index (χ1) is 25.4. The normalized spacial score (nSPS) is 18.3. The fourth-order valence-corrected chi connectivity index (χ4v) is 5.37. The smallest absolute Gasteiger partial charge is 0.340 e. The van der Waals surface area contributed by atoms with Gasteiger partial charge in [-0.2, -0.15) is 0 Å². The second-order valence-corrected chi connectivity index (χ2v) is 11.5. The second-order valence-electron chi connectivity index (χ2n) is 11.5. The summed E-state index contributed by atoms with van der Waals surface area (Å²) in [6, 6.07) is 40.1. The van der Waals surface area contributed by atoms with Crippen molar-refractivity contribution in [3.8, 4) is 0 Å². The highest BCUT2D eigenvalue weighted by Crippen LogP contribution is 2.33. The van der Waals surface area contributed by atoms with E-state index in [0.717, 1.165) is 0 Å². The number of rotatable bonds is 12. The molecule has 52 heavy (non-hydrogen) atoms. The second kappa shape index (κ2) is 16.9. The first kappa shape index (κ1) is 35.2. The standard InChI is InChI=1S/C41H32O11/c42-36(27-16-6-1-7-17-27)47-26-32(48-37(43)28-18-8-2-9-19-28)33-34(49-38(44)29-20-10-3-11-21-29)35(50-39(45)30-22-12-4-13-23-30)41(51-33)52-40(46)31-24-14-5-15-25-31/h1-25,32-35,41H,26H2/t32-,33+,34+,35-,41+/m1/s1. The fraction of sp³-hybridized carbons (Fsp3) is 0.146. The summed E-state index contributed by atoms with van der Waals surface area (Å²) in [7, 11) is 0. The molecule has 0 radical (unpaired) electrons. The van der Waals surface area contributed by atoms with Crippen LogP contribution in [0.4, 0.5) is 0 Å². The predicted molar refractivity (Wildman–Crippen MR) is 184 cm³/mol. The Balaban J connectivity index is 1.38. The minimum atomic E-state index is -1.68. The molecule has 0 N–H and O–H groups in total. The van der Waals surface area contributed by atoms with Gasteiger partial charge in [0.15, 0.2) is 12.2 Å². The molecule has 0 saturated carbocycles. The average Bonchev–Trinajstić information content (AvgIpc) is 3.52. The minimum absolute atomic E-state index is 0.146. The van der Waals surface area contributed by atoms with Crippen LogP contribution in [0.1, 0.15) is 51.8 Å². The maximum Gasteiger partial charge on any atom is 0.340 e. The van der Waals surface area contributed by atoms with E-state index < -0.39 is 67.2 Å². The van der Waals surface area contributed by atoms with Gasteiger partial charge in [0, 0.05) is 0 Å². The van der Waals surface area contributed by atoms with Crippen molar-refractivity contribution in [1.82, 2.24) is 0 Å². The molecule has 1 heterocycles. The lowest BCUT2D eigenvalue weighted by molar-refractivity contribution is -0.156. The van der Waals surface area contributed by atoms with Crippen LogP contribution in [-0.4, -0.2) is 67.2 Å². The fourth-order valence-electron chi connectivity index (χ4n) is 5.37. The third-order valence-corrected chi connectivity index (χ3v) is 7.97. The third-order valence-electron chi connectivity index (χ3n) is 7.97. The van der Waals surface area contributed by atoms with Crippen molar-refractivity contribution in [3.63, 3.8) is 0 Å². The van der Waals surface area contributed by atoms with E-state index in [2.05, 4.69) is 0 Å². The molecule has 11 heteroatoms. The molecule has 0 spiro atoms. The monoisotopic (exact) mass is 700 g/mol. The topological polar surface area (TPSA) is 141 Å². The number of esters is 5. The van der Waals surface area contributed by atoms with Crippen LogP contribution >= 0.6 is 0 Å². The van der Waals surface area contributed by atoms with Crippen LogP contribution in [0.25, 0.3) is 0 Å². The maximum atomic E-state index is 13.6. The summed E-state index contributed by atoms with van der Waals surface area (Å²) < 4.78 is 35.3. The summed E-state index contributed by atoms with van der Waals surface area (Å²) in [5, 5.41) is 0. The molecule has 1 aliphatic heterocycles. The molecule has 0 bridgehead atoms.